The van der Waals surface area contributed by atoms with Crippen molar-refractivity contribution in [2.45, 2.75) is 64.7 Å². The number of amides is 1. The van der Waals surface area contributed by atoms with E-state index in [4.69, 9.17) is 4.74 Å². The summed E-state index contributed by atoms with van der Waals surface area (Å²) < 4.78 is 5.30. The lowest BCUT2D eigenvalue weighted by atomic mass is 10.1. The van der Waals surface area contributed by atoms with Crippen molar-refractivity contribution in [2.75, 3.05) is 39.4 Å². The molecule has 0 spiro atoms. The Morgan fingerprint density at radius 1 is 1.00 bits per heavy atom. The van der Waals surface area contributed by atoms with Crippen molar-refractivity contribution in [3.8, 4) is 0 Å². The van der Waals surface area contributed by atoms with Gasteiger partial charge >= 0.3 is 0 Å². The highest BCUT2D eigenvalue weighted by atomic mass is 16.5. The zero-order valence-corrected chi connectivity index (χ0v) is 13.9. The SMILES string of the molecule is CCCCCCCCCCC(=O)NCCN1CCOCC1. The summed E-state index contributed by atoms with van der Waals surface area (Å²) in [7, 11) is 0. The molecule has 1 aliphatic heterocycles. The first kappa shape index (κ1) is 18.4. The Bertz CT molecular complexity index is 253. The molecule has 4 heteroatoms. The molecule has 1 rings (SSSR count). The Morgan fingerprint density at radius 2 is 1.62 bits per heavy atom. The zero-order chi connectivity index (χ0) is 15.2. The summed E-state index contributed by atoms with van der Waals surface area (Å²) in [6.07, 6.45) is 11.0. The second-order valence-corrected chi connectivity index (χ2v) is 6.03. The fourth-order valence-corrected chi connectivity index (χ4v) is 2.69. The molecule has 0 unspecified atom stereocenters. The van der Waals surface area contributed by atoms with E-state index in [1.165, 1.54) is 44.9 Å². The maximum absolute atomic E-state index is 11.7. The van der Waals surface area contributed by atoms with Gasteiger partial charge in [-0.05, 0) is 6.42 Å². The number of nitrogens with one attached hydrogen (secondary N) is 1. The molecule has 1 aliphatic rings. The summed E-state index contributed by atoms with van der Waals surface area (Å²) in [5.74, 6) is 0.217. The van der Waals surface area contributed by atoms with Crippen LogP contribution in [0.1, 0.15) is 64.7 Å². The van der Waals surface area contributed by atoms with Gasteiger partial charge in [0, 0.05) is 32.6 Å². The van der Waals surface area contributed by atoms with Gasteiger partial charge in [-0.15, -0.1) is 0 Å². The number of unbranched alkanes of at least 4 members (excludes halogenated alkanes) is 7. The molecule has 1 heterocycles. The number of hydrogen-bond acceptors (Lipinski definition) is 3. The average molecular weight is 298 g/mol. The Balaban J connectivity index is 1.83. The molecule has 0 aromatic carbocycles. The van der Waals surface area contributed by atoms with Crippen molar-refractivity contribution >= 4 is 5.91 Å². The Morgan fingerprint density at radius 3 is 2.29 bits per heavy atom. The van der Waals surface area contributed by atoms with E-state index >= 15 is 0 Å². The molecule has 1 amide bonds. The molecule has 1 N–H and O–H groups in total. The number of nitrogens with zero attached hydrogens (tertiary/aromatic N) is 1. The molecular formula is C17H34N2O2. The van der Waals surface area contributed by atoms with Crippen molar-refractivity contribution in [1.82, 2.24) is 10.2 Å². The molecule has 0 atom stereocenters. The lowest BCUT2D eigenvalue weighted by molar-refractivity contribution is -0.121. The first-order valence-electron chi connectivity index (χ1n) is 8.89. The van der Waals surface area contributed by atoms with Crippen LogP contribution in [0.15, 0.2) is 0 Å². The molecular weight excluding hydrogens is 264 g/mol. The average Bonchev–Trinajstić information content (AvgIpc) is 2.51. The van der Waals surface area contributed by atoms with E-state index in [0.29, 0.717) is 6.42 Å². The molecule has 0 bridgehead atoms. The first-order valence-corrected chi connectivity index (χ1v) is 8.89. The van der Waals surface area contributed by atoms with E-state index in [1.54, 1.807) is 0 Å². The molecule has 124 valence electrons. The number of ether oxygens (including phenoxy) is 1. The number of carbonyl (C=O) groups excluding carboxylic acids is 1. The minimum Gasteiger partial charge on any atom is -0.379 e. The van der Waals surface area contributed by atoms with Gasteiger partial charge in [0.1, 0.15) is 0 Å². The van der Waals surface area contributed by atoms with Gasteiger partial charge in [-0.25, -0.2) is 0 Å². The van der Waals surface area contributed by atoms with Gasteiger partial charge in [-0.3, -0.25) is 9.69 Å². The van der Waals surface area contributed by atoms with Crippen LogP contribution in [0.2, 0.25) is 0 Å². The highest BCUT2D eigenvalue weighted by Crippen LogP contribution is 2.09. The number of rotatable bonds is 12. The second kappa shape index (κ2) is 13.1. The topological polar surface area (TPSA) is 41.6 Å². The highest BCUT2D eigenvalue weighted by molar-refractivity contribution is 5.75. The summed E-state index contributed by atoms with van der Waals surface area (Å²) in [5, 5.41) is 3.03. The molecule has 0 aliphatic carbocycles. The van der Waals surface area contributed by atoms with E-state index in [1.807, 2.05) is 0 Å². The summed E-state index contributed by atoms with van der Waals surface area (Å²) in [5.41, 5.74) is 0. The third-order valence-electron chi connectivity index (χ3n) is 4.11. The van der Waals surface area contributed by atoms with Crippen LogP contribution in [0, 0.1) is 0 Å². The van der Waals surface area contributed by atoms with E-state index in [9.17, 15) is 4.79 Å². The fraction of sp³-hybridized carbons (Fsp3) is 0.941. The van der Waals surface area contributed by atoms with Crippen LogP contribution in [-0.4, -0.2) is 50.2 Å². The molecule has 0 radical (unpaired) electrons. The third kappa shape index (κ3) is 10.7. The molecule has 4 nitrogen and oxygen atoms in total. The molecule has 0 aromatic heterocycles. The van der Waals surface area contributed by atoms with Crippen LogP contribution >= 0.6 is 0 Å². The van der Waals surface area contributed by atoms with E-state index in [-0.39, 0.29) is 5.91 Å². The standard InChI is InChI=1S/C17H34N2O2/c1-2-3-4-5-6-7-8-9-10-17(20)18-11-12-19-13-15-21-16-14-19/h2-16H2,1H3,(H,18,20). The summed E-state index contributed by atoms with van der Waals surface area (Å²) in [4.78, 5) is 14.1. The van der Waals surface area contributed by atoms with Gasteiger partial charge in [-0.1, -0.05) is 51.9 Å². The predicted octanol–water partition coefficient (Wildman–Crippen LogP) is 2.97. The predicted molar refractivity (Wildman–Crippen MR) is 87.5 cm³/mol. The molecule has 1 saturated heterocycles. The van der Waals surface area contributed by atoms with Gasteiger partial charge in [0.05, 0.1) is 13.2 Å². The van der Waals surface area contributed by atoms with Gasteiger partial charge in [0.2, 0.25) is 5.91 Å². The summed E-state index contributed by atoms with van der Waals surface area (Å²) in [6, 6.07) is 0. The maximum Gasteiger partial charge on any atom is 0.220 e. The second-order valence-electron chi connectivity index (χ2n) is 6.03. The van der Waals surface area contributed by atoms with Gasteiger partial charge in [-0.2, -0.15) is 0 Å². The van der Waals surface area contributed by atoms with Crippen LogP contribution in [0.3, 0.4) is 0 Å². The molecule has 21 heavy (non-hydrogen) atoms. The normalized spacial score (nSPS) is 16.0. The van der Waals surface area contributed by atoms with Crippen molar-refractivity contribution in [1.29, 1.82) is 0 Å². The number of morpholine rings is 1. The fourth-order valence-electron chi connectivity index (χ4n) is 2.69. The van der Waals surface area contributed by atoms with Crippen molar-refractivity contribution in [3.63, 3.8) is 0 Å². The molecule has 0 aromatic rings. The van der Waals surface area contributed by atoms with E-state index in [0.717, 1.165) is 45.8 Å². The monoisotopic (exact) mass is 298 g/mol. The summed E-state index contributed by atoms with van der Waals surface area (Å²) in [6.45, 7) is 7.61. The maximum atomic E-state index is 11.7. The summed E-state index contributed by atoms with van der Waals surface area (Å²) >= 11 is 0. The van der Waals surface area contributed by atoms with Gasteiger partial charge in [0.15, 0.2) is 0 Å². The Hall–Kier alpha value is -0.610. The smallest absolute Gasteiger partial charge is 0.220 e. The number of carbonyl (C=O) groups is 1. The minimum absolute atomic E-state index is 0.217. The van der Waals surface area contributed by atoms with Crippen LogP contribution < -0.4 is 5.32 Å². The van der Waals surface area contributed by atoms with E-state index in [2.05, 4.69) is 17.1 Å². The lowest BCUT2D eigenvalue weighted by Crippen LogP contribution is -2.41. The molecule has 0 saturated carbocycles. The minimum atomic E-state index is 0.217. The van der Waals surface area contributed by atoms with Crippen LogP contribution in [0.25, 0.3) is 0 Å². The first-order chi connectivity index (χ1) is 10.3. The van der Waals surface area contributed by atoms with Crippen molar-refractivity contribution < 1.29 is 9.53 Å². The van der Waals surface area contributed by atoms with Crippen LogP contribution in [0.5, 0.6) is 0 Å². The third-order valence-corrected chi connectivity index (χ3v) is 4.11. The largest absolute Gasteiger partial charge is 0.379 e. The van der Waals surface area contributed by atoms with Crippen molar-refractivity contribution in [2.24, 2.45) is 0 Å². The van der Waals surface area contributed by atoms with Crippen molar-refractivity contribution in [3.05, 3.63) is 0 Å². The quantitative estimate of drug-likeness (QED) is 0.563. The van der Waals surface area contributed by atoms with Crippen LogP contribution in [-0.2, 0) is 9.53 Å². The number of hydrogen-bond donors (Lipinski definition) is 1. The lowest BCUT2D eigenvalue weighted by Gasteiger charge is -2.26. The zero-order valence-electron chi connectivity index (χ0n) is 13.9. The highest BCUT2D eigenvalue weighted by Gasteiger charge is 2.09. The Kier molecular flexibility index (Phi) is 11.5. The van der Waals surface area contributed by atoms with Crippen LogP contribution in [0.4, 0.5) is 0 Å². The van der Waals surface area contributed by atoms with E-state index < -0.39 is 0 Å². The molecule has 1 fully saturated rings. The van der Waals surface area contributed by atoms with Gasteiger partial charge < -0.3 is 10.1 Å². The Labute approximate surface area is 130 Å². The van der Waals surface area contributed by atoms with Gasteiger partial charge in [0.25, 0.3) is 0 Å².